The summed E-state index contributed by atoms with van der Waals surface area (Å²) >= 11 is 0. The van der Waals surface area contributed by atoms with Gasteiger partial charge in [0.15, 0.2) is 0 Å². The zero-order valence-corrected chi connectivity index (χ0v) is 16.8. The molecule has 0 spiro atoms. The van der Waals surface area contributed by atoms with Crippen LogP contribution in [0.15, 0.2) is 78.9 Å². The minimum atomic E-state index is 0.587. The van der Waals surface area contributed by atoms with Crippen LogP contribution in [0.25, 0.3) is 10.9 Å². The van der Waals surface area contributed by atoms with Crippen LogP contribution < -0.4 is 15.5 Å². The van der Waals surface area contributed by atoms with Gasteiger partial charge in [0, 0.05) is 37.4 Å². The summed E-state index contributed by atoms with van der Waals surface area (Å²) in [6.07, 6.45) is 0.938. The second-order valence-corrected chi connectivity index (χ2v) is 7.14. The predicted molar refractivity (Wildman–Crippen MR) is 122 cm³/mol. The van der Waals surface area contributed by atoms with Crippen LogP contribution in [0.1, 0.15) is 5.56 Å². The quantitative estimate of drug-likeness (QED) is 0.465. The Morgan fingerprint density at radius 3 is 2.28 bits per heavy atom. The van der Waals surface area contributed by atoms with E-state index in [0.717, 1.165) is 41.1 Å². The lowest BCUT2D eigenvalue weighted by Crippen LogP contribution is -2.09. The number of rotatable bonds is 7. The van der Waals surface area contributed by atoms with Gasteiger partial charge < -0.3 is 15.5 Å². The van der Waals surface area contributed by atoms with Gasteiger partial charge in [0.25, 0.3) is 0 Å². The van der Waals surface area contributed by atoms with Crippen LogP contribution in [0.5, 0.6) is 0 Å². The molecule has 2 N–H and O–H groups in total. The summed E-state index contributed by atoms with van der Waals surface area (Å²) in [5, 5.41) is 7.84. The molecule has 5 nitrogen and oxygen atoms in total. The highest BCUT2D eigenvalue weighted by Crippen LogP contribution is 2.24. The maximum absolute atomic E-state index is 4.74. The van der Waals surface area contributed by atoms with Crippen molar-refractivity contribution >= 4 is 34.0 Å². The molecule has 1 aromatic heterocycles. The number of hydrogen-bond donors (Lipinski definition) is 2. The first-order chi connectivity index (χ1) is 14.2. The number of benzene rings is 3. The van der Waals surface area contributed by atoms with Gasteiger partial charge in [-0.3, -0.25) is 0 Å². The molecule has 0 saturated carbocycles. The lowest BCUT2D eigenvalue weighted by molar-refractivity contribution is 1.01. The Balaban J connectivity index is 1.55. The van der Waals surface area contributed by atoms with Gasteiger partial charge in [0.2, 0.25) is 5.95 Å². The first-order valence-electron chi connectivity index (χ1n) is 9.78. The molecule has 0 unspecified atom stereocenters. The number of hydrogen-bond acceptors (Lipinski definition) is 5. The summed E-state index contributed by atoms with van der Waals surface area (Å²) in [5.41, 5.74) is 4.33. The molecular weight excluding hydrogens is 358 g/mol. The average molecular weight is 383 g/mol. The van der Waals surface area contributed by atoms with Crippen LogP contribution in [0.4, 0.5) is 23.1 Å². The van der Waals surface area contributed by atoms with E-state index in [2.05, 4.69) is 63.0 Å². The van der Waals surface area contributed by atoms with Crippen LogP contribution in [-0.2, 0) is 6.42 Å². The van der Waals surface area contributed by atoms with Gasteiger partial charge in [0.05, 0.1) is 5.52 Å². The van der Waals surface area contributed by atoms with Gasteiger partial charge in [-0.25, -0.2) is 4.98 Å². The molecule has 0 aliphatic carbocycles. The molecule has 1 heterocycles. The van der Waals surface area contributed by atoms with Crippen LogP contribution in [0.2, 0.25) is 0 Å². The number of fused-ring (bicyclic) bond motifs is 1. The first-order valence-corrected chi connectivity index (χ1v) is 9.78. The Morgan fingerprint density at radius 2 is 1.52 bits per heavy atom. The molecule has 0 amide bonds. The minimum Gasteiger partial charge on any atom is -0.378 e. The smallest absolute Gasteiger partial charge is 0.229 e. The molecule has 0 aliphatic heterocycles. The standard InChI is InChI=1S/C24H25N5/c1-29(2)20-14-12-19(13-15-20)26-24-27-22-11-7-6-10-21(22)23(28-24)25-17-16-18-8-4-3-5-9-18/h3-15H,16-17H2,1-2H3,(H2,25,26,27,28). The van der Waals surface area contributed by atoms with Gasteiger partial charge in [-0.1, -0.05) is 42.5 Å². The van der Waals surface area contributed by atoms with Crippen molar-refractivity contribution in [1.29, 1.82) is 0 Å². The van der Waals surface area contributed by atoms with E-state index < -0.39 is 0 Å². The largest absolute Gasteiger partial charge is 0.378 e. The van der Waals surface area contributed by atoms with E-state index in [-0.39, 0.29) is 0 Å². The Bertz CT molecular complexity index is 1080. The molecule has 3 aromatic carbocycles. The highest BCUT2D eigenvalue weighted by molar-refractivity contribution is 5.90. The fourth-order valence-electron chi connectivity index (χ4n) is 3.21. The molecule has 4 aromatic rings. The normalized spacial score (nSPS) is 10.7. The zero-order chi connectivity index (χ0) is 20.1. The van der Waals surface area contributed by atoms with E-state index in [0.29, 0.717) is 5.95 Å². The van der Waals surface area contributed by atoms with E-state index in [4.69, 9.17) is 4.98 Å². The van der Waals surface area contributed by atoms with E-state index in [1.165, 1.54) is 5.56 Å². The highest BCUT2D eigenvalue weighted by atomic mass is 15.1. The molecule has 0 saturated heterocycles. The maximum atomic E-state index is 4.74. The molecule has 0 fully saturated rings. The molecule has 0 radical (unpaired) electrons. The summed E-state index contributed by atoms with van der Waals surface area (Å²) in [5.74, 6) is 1.43. The summed E-state index contributed by atoms with van der Waals surface area (Å²) in [6, 6.07) is 26.8. The number of nitrogens with one attached hydrogen (secondary N) is 2. The van der Waals surface area contributed by atoms with Crippen molar-refractivity contribution in [3.05, 3.63) is 84.4 Å². The molecule has 4 rings (SSSR count). The molecule has 146 valence electrons. The fourth-order valence-corrected chi connectivity index (χ4v) is 3.21. The van der Waals surface area contributed by atoms with E-state index in [1.807, 2.05) is 50.5 Å². The highest BCUT2D eigenvalue weighted by Gasteiger charge is 2.08. The van der Waals surface area contributed by atoms with E-state index in [9.17, 15) is 0 Å². The van der Waals surface area contributed by atoms with Crippen molar-refractivity contribution in [2.75, 3.05) is 36.2 Å². The van der Waals surface area contributed by atoms with Gasteiger partial charge in [0.1, 0.15) is 5.82 Å². The second kappa shape index (κ2) is 8.61. The van der Waals surface area contributed by atoms with Crippen molar-refractivity contribution in [2.45, 2.75) is 6.42 Å². The van der Waals surface area contributed by atoms with Crippen LogP contribution in [-0.4, -0.2) is 30.6 Å². The summed E-state index contributed by atoms with van der Waals surface area (Å²) < 4.78 is 0. The molecule has 0 aliphatic rings. The van der Waals surface area contributed by atoms with Gasteiger partial charge in [-0.15, -0.1) is 0 Å². The lowest BCUT2D eigenvalue weighted by atomic mass is 10.1. The van der Waals surface area contributed by atoms with Crippen molar-refractivity contribution in [3.63, 3.8) is 0 Å². The van der Waals surface area contributed by atoms with Crippen molar-refractivity contribution in [3.8, 4) is 0 Å². The van der Waals surface area contributed by atoms with Gasteiger partial charge >= 0.3 is 0 Å². The summed E-state index contributed by atoms with van der Waals surface area (Å²) in [7, 11) is 4.06. The number of anilines is 4. The minimum absolute atomic E-state index is 0.587. The van der Waals surface area contributed by atoms with E-state index in [1.54, 1.807) is 0 Å². The molecule has 0 bridgehead atoms. The molecule has 5 heteroatoms. The maximum Gasteiger partial charge on any atom is 0.229 e. The lowest BCUT2D eigenvalue weighted by Gasteiger charge is -2.14. The Kier molecular flexibility index (Phi) is 5.56. The van der Waals surface area contributed by atoms with Gasteiger partial charge in [-0.2, -0.15) is 4.98 Å². The monoisotopic (exact) mass is 383 g/mol. The van der Waals surface area contributed by atoms with E-state index >= 15 is 0 Å². The number of aromatic nitrogens is 2. The average Bonchev–Trinajstić information content (AvgIpc) is 2.75. The third-order valence-corrected chi connectivity index (χ3v) is 4.79. The van der Waals surface area contributed by atoms with Crippen molar-refractivity contribution < 1.29 is 0 Å². The molecule has 29 heavy (non-hydrogen) atoms. The SMILES string of the molecule is CN(C)c1ccc(Nc2nc(NCCc3ccccc3)c3ccccc3n2)cc1. The predicted octanol–water partition coefficient (Wildman–Crippen LogP) is 5.09. The van der Waals surface area contributed by atoms with Crippen LogP contribution in [0, 0.1) is 0 Å². The summed E-state index contributed by atoms with van der Waals surface area (Å²) in [6.45, 7) is 0.808. The summed E-state index contributed by atoms with van der Waals surface area (Å²) in [4.78, 5) is 11.5. The van der Waals surface area contributed by atoms with Gasteiger partial charge in [-0.05, 0) is 48.4 Å². The molecular formula is C24H25N5. The van der Waals surface area contributed by atoms with Crippen LogP contribution in [0.3, 0.4) is 0 Å². The van der Waals surface area contributed by atoms with Crippen LogP contribution >= 0.6 is 0 Å². The topological polar surface area (TPSA) is 53.1 Å². The second-order valence-electron chi connectivity index (χ2n) is 7.14. The number of para-hydroxylation sites is 1. The van der Waals surface area contributed by atoms with Crippen molar-refractivity contribution in [1.82, 2.24) is 9.97 Å². The third kappa shape index (κ3) is 4.63. The Morgan fingerprint density at radius 1 is 0.793 bits per heavy atom. The molecule has 0 atom stereocenters. The Hall–Kier alpha value is -3.60. The van der Waals surface area contributed by atoms with Crippen molar-refractivity contribution in [2.24, 2.45) is 0 Å². The number of nitrogens with zero attached hydrogens (tertiary/aromatic N) is 3. The Labute approximate surface area is 171 Å². The third-order valence-electron chi connectivity index (χ3n) is 4.79. The zero-order valence-electron chi connectivity index (χ0n) is 16.8. The first kappa shape index (κ1) is 18.7. The fraction of sp³-hybridized carbons (Fsp3) is 0.167.